The van der Waals surface area contributed by atoms with Crippen molar-refractivity contribution >= 4 is 9.84 Å². The summed E-state index contributed by atoms with van der Waals surface area (Å²) in [5.74, 6) is 0. The third kappa shape index (κ3) is 2.09. The van der Waals surface area contributed by atoms with E-state index in [9.17, 15) is 13.5 Å². The zero-order valence-corrected chi connectivity index (χ0v) is 12.7. The van der Waals surface area contributed by atoms with E-state index in [1.807, 2.05) is 24.3 Å². The molecule has 2 fully saturated rings. The highest BCUT2D eigenvalue weighted by atomic mass is 32.2. The molecule has 2 aliphatic heterocycles. The maximum Gasteiger partial charge on any atom is 0.156 e. The highest BCUT2D eigenvalue weighted by molar-refractivity contribution is 7.92. The molecule has 1 aromatic carbocycles. The van der Waals surface area contributed by atoms with Crippen molar-refractivity contribution in [3.63, 3.8) is 0 Å². The van der Waals surface area contributed by atoms with Crippen LogP contribution in [0.15, 0.2) is 24.3 Å². The lowest BCUT2D eigenvalue weighted by atomic mass is 9.78. The fourth-order valence-corrected chi connectivity index (χ4v) is 6.50. The molecule has 0 aliphatic carbocycles. The molecule has 3 nitrogen and oxygen atoms in total. The summed E-state index contributed by atoms with van der Waals surface area (Å²) in [5, 5.41) is 10.4. The topological polar surface area (TPSA) is 54.4 Å². The molecule has 2 atom stereocenters. The van der Waals surface area contributed by atoms with Crippen molar-refractivity contribution in [1.82, 2.24) is 0 Å². The van der Waals surface area contributed by atoms with Crippen molar-refractivity contribution in [1.29, 1.82) is 0 Å². The first kappa shape index (κ1) is 14.1. The van der Waals surface area contributed by atoms with Gasteiger partial charge in [-0.05, 0) is 43.2 Å². The Bertz CT molecular complexity index is 586. The minimum Gasteiger partial charge on any atom is -0.385 e. The van der Waals surface area contributed by atoms with Crippen LogP contribution in [0.3, 0.4) is 0 Å². The van der Waals surface area contributed by atoms with Crippen LogP contribution in [0.2, 0.25) is 0 Å². The van der Waals surface area contributed by atoms with Gasteiger partial charge in [0.1, 0.15) is 0 Å². The van der Waals surface area contributed by atoms with Crippen LogP contribution in [0.1, 0.15) is 50.2 Å². The zero-order valence-electron chi connectivity index (χ0n) is 11.9. The van der Waals surface area contributed by atoms with Crippen LogP contribution in [0.4, 0.5) is 0 Å². The second-order valence-corrected chi connectivity index (χ2v) is 8.73. The molecule has 2 aliphatic rings. The number of fused-ring (bicyclic) bond motifs is 2. The normalized spacial score (nSPS) is 35.7. The van der Waals surface area contributed by atoms with Crippen molar-refractivity contribution in [2.24, 2.45) is 0 Å². The molecule has 2 saturated heterocycles. The summed E-state index contributed by atoms with van der Waals surface area (Å²) in [5.41, 5.74) is 1.11. The Kier molecular flexibility index (Phi) is 3.41. The maximum atomic E-state index is 12.4. The van der Waals surface area contributed by atoms with Crippen molar-refractivity contribution in [3.05, 3.63) is 35.4 Å². The second-order valence-electron chi connectivity index (χ2n) is 6.21. The van der Waals surface area contributed by atoms with Crippen LogP contribution >= 0.6 is 0 Å². The van der Waals surface area contributed by atoms with Gasteiger partial charge in [0.15, 0.2) is 9.84 Å². The van der Waals surface area contributed by atoms with Gasteiger partial charge < -0.3 is 5.11 Å². The highest BCUT2D eigenvalue weighted by Crippen LogP contribution is 2.46. The standard InChI is InChI=1S/C16H22O3S/c1-2-12-6-3-4-9-15(12)16(17)10-13-7-5-8-14(11-16)20(13,18)19/h3-4,6,9,13-14,17H,2,5,7-8,10-11H2,1H3. The van der Waals surface area contributed by atoms with E-state index in [0.29, 0.717) is 25.7 Å². The van der Waals surface area contributed by atoms with E-state index in [2.05, 4.69) is 6.92 Å². The molecule has 2 unspecified atom stereocenters. The van der Waals surface area contributed by atoms with Crippen molar-refractivity contribution in [2.75, 3.05) is 0 Å². The lowest BCUT2D eigenvalue weighted by molar-refractivity contribution is 0.00426. The first-order valence-electron chi connectivity index (χ1n) is 7.51. The largest absolute Gasteiger partial charge is 0.385 e. The molecular weight excluding hydrogens is 272 g/mol. The van der Waals surface area contributed by atoms with Crippen molar-refractivity contribution in [3.8, 4) is 0 Å². The average molecular weight is 294 g/mol. The summed E-state index contributed by atoms with van der Waals surface area (Å²) in [6.45, 7) is 2.07. The number of hydrogen-bond donors (Lipinski definition) is 1. The summed E-state index contributed by atoms with van der Waals surface area (Å²) >= 11 is 0. The third-order valence-corrected chi connectivity index (χ3v) is 7.67. The lowest BCUT2D eigenvalue weighted by Crippen LogP contribution is -2.50. The number of aryl methyl sites for hydroxylation is 1. The summed E-state index contributed by atoms with van der Waals surface area (Å²) in [4.78, 5) is 0. The molecule has 0 spiro atoms. The van der Waals surface area contributed by atoms with E-state index in [1.165, 1.54) is 0 Å². The fraction of sp³-hybridized carbons (Fsp3) is 0.625. The number of sulfone groups is 1. The molecule has 110 valence electrons. The first-order valence-corrected chi connectivity index (χ1v) is 9.12. The smallest absolute Gasteiger partial charge is 0.156 e. The van der Waals surface area contributed by atoms with E-state index in [1.54, 1.807) is 0 Å². The van der Waals surface area contributed by atoms with E-state index >= 15 is 0 Å². The Morgan fingerprint density at radius 1 is 1.20 bits per heavy atom. The van der Waals surface area contributed by atoms with Gasteiger partial charge in [-0.25, -0.2) is 8.42 Å². The van der Waals surface area contributed by atoms with Gasteiger partial charge in [-0.3, -0.25) is 0 Å². The molecule has 0 radical (unpaired) electrons. The number of benzene rings is 1. The van der Waals surface area contributed by atoms with Gasteiger partial charge in [0.25, 0.3) is 0 Å². The molecule has 2 heterocycles. The fourth-order valence-electron chi connectivity index (χ4n) is 3.95. The Morgan fingerprint density at radius 3 is 2.40 bits per heavy atom. The molecule has 3 rings (SSSR count). The molecule has 1 aromatic rings. The molecule has 0 aromatic heterocycles. The lowest BCUT2D eigenvalue weighted by Gasteiger charge is -2.44. The zero-order chi connectivity index (χ0) is 14.4. The van der Waals surface area contributed by atoms with Crippen LogP contribution in [0, 0.1) is 0 Å². The minimum absolute atomic E-state index is 0.357. The van der Waals surface area contributed by atoms with Gasteiger partial charge in [0, 0.05) is 0 Å². The average Bonchev–Trinajstić information content (AvgIpc) is 2.41. The van der Waals surface area contributed by atoms with E-state index < -0.39 is 15.4 Å². The summed E-state index contributed by atoms with van der Waals surface area (Å²) in [6, 6.07) is 7.91. The molecule has 0 saturated carbocycles. The predicted molar refractivity (Wildman–Crippen MR) is 79.3 cm³/mol. The second kappa shape index (κ2) is 4.85. The van der Waals surface area contributed by atoms with Gasteiger partial charge in [0.05, 0.1) is 16.1 Å². The van der Waals surface area contributed by atoms with E-state index in [-0.39, 0.29) is 10.5 Å². The molecule has 4 heteroatoms. The van der Waals surface area contributed by atoms with Gasteiger partial charge in [-0.1, -0.05) is 37.6 Å². The van der Waals surface area contributed by atoms with E-state index in [4.69, 9.17) is 0 Å². The number of aliphatic hydroxyl groups is 1. The summed E-state index contributed by atoms with van der Waals surface area (Å²) in [7, 11) is -3.02. The van der Waals surface area contributed by atoms with Crippen LogP contribution in [-0.4, -0.2) is 24.0 Å². The highest BCUT2D eigenvalue weighted by Gasteiger charge is 2.51. The summed E-state index contributed by atoms with van der Waals surface area (Å²) in [6.07, 6.45) is 3.97. The van der Waals surface area contributed by atoms with Crippen LogP contribution in [-0.2, 0) is 21.9 Å². The number of rotatable bonds is 2. The minimum atomic E-state index is -3.02. The van der Waals surface area contributed by atoms with Gasteiger partial charge in [0.2, 0.25) is 0 Å². The third-order valence-electron chi connectivity index (χ3n) is 5.01. The quantitative estimate of drug-likeness (QED) is 0.912. The Hall–Kier alpha value is -0.870. The predicted octanol–water partition coefficient (Wildman–Crippen LogP) is 2.57. The molecule has 1 N–H and O–H groups in total. The Morgan fingerprint density at radius 2 is 1.80 bits per heavy atom. The first-order chi connectivity index (χ1) is 9.47. The van der Waals surface area contributed by atoms with Crippen LogP contribution in [0.25, 0.3) is 0 Å². The van der Waals surface area contributed by atoms with Gasteiger partial charge in [-0.15, -0.1) is 0 Å². The van der Waals surface area contributed by atoms with Crippen molar-refractivity contribution < 1.29 is 13.5 Å². The SMILES string of the molecule is CCc1ccccc1C1(O)CC2CCCC(C1)S2(=O)=O. The van der Waals surface area contributed by atoms with Crippen molar-refractivity contribution in [2.45, 2.75) is 61.5 Å². The number of hydrogen-bond acceptors (Lipinski definition) is 3. The molecule has 20 heavy (non-hydrogen) atoms. The summed E-state index contributed by atoms with van der Waals surface area (Å²) < 4.78 is 24.7. The van der Waals surface area contributed by atoms with Gasteiger partial charge >= 0.3 is 0 Å². The van der Waals surface area contributed by atoms with Crippen LogP contribution in [0.5, 0.6) is 0 Å². The Balaban J connectivity index is 2.02. The van der Waals surface area contributed by atoms with E-state index in [0.717, 1.165) is 24.0 Å². The van der Waals surface area contributed by atoms with Gasteiger partial charge in [-0.2, -0.15) is 0 Å². The molecule has 0 amide bonds. The molecule has 2 bridgehead atoms. The Labute approximate surface area is 120 Å². The monoisotopic (exact) mass is 294 g/mol. The molecular formula is C16H22O3S. The van der Waals surface area contributed by atoms with Crippen LogP contribution < -0.4 is 0 Å². The maximum absolute atomic E-state index is 12.4.